The molecule has 7 heteroatoms. The summed E-state index contributed by atoms with van der Waals surface area (Å²) in [5, 5.41) is 14.3. The maximum absolute atomic E-state index is 12.9. The highest BCUT2D eigenvalue weighted by Crippen LogP contribution is 2.29. The first kappa shape index (κ1) is 20.1. The van der Waals surface area contributed by atoms with Crippen molar-refractivity contribution in [2.45, 2.75) is 32.2 Å². The van der Waals surface area contributed by atoms with E-state index in [0.717, 1.165) is 10.5 Å². The number of carbonyl (C=O) groups excluding carboxylic acids is 3. The molecular weight excluding hydrogens is 368 g/mol. The van der Waals surface area contributed by atoms with Gasteiger partial charge in [0.1, 0.15) is 12.1 Å². The van der Waals surface area contributed by atoms with Gasteiger partial charge in [-0.25, -0.2) is 4.79 Å². The lowest BCUT2D eigenvalue weighted by Crippen LogP contribution is -2.42. The van der Waals surface area contributed by atoms with Crippen LogP contribution in [0.1, 0.15) is 43.4 Å². The predicted octanol–water partition coefficient (Wildman–Crippen LogP) is 3.09. The Morgan fingerprint density at radius 1 is 1.21 bits per heavy atom. The van der Waals surface area contributed by atoms with Crippen LogP contribution in [-0.2, 0) is 15.1 Å². The summed E-state index contributed by atoms with van der Waals surface area (Å²) >= 11 is 0. The number of hydrogen-bond acceptors (Lipinski definition) is 4. The molecule has 148 valence electrons. The molecule has 2 aromatic carbocycles. The maximum atomic E-state index is 12.9. The summed E-state index contributed by atoms with van der Waals surface area (Å²) in [7, 11) is 0. The zero-order chi connectivity index (χ0) is 21.2. The number of benzene rings is 2. The molecule has 0 bridgehead atoms. The van der Waals surface area contributed by atoms with E-state index >= 15 is 0 Å². The lowest BCUT2D eigenvalue weighted by molar-refractivity contribution is -0.133. The number of imide groups is 1. The third-order valence-corrected chi connectivity index (χ3v) is 5.01. The summed E-state index contributed by atoms with van der Waals surface area (Å²) in [5.41, 5.74) is 1.40. The van der Waals surface area contributed by atoms with E-state index in [4.69, 9.17) is 5.26 Å². The molecule has 0 unspecified atom stereocenters. The fourth-order valence-electron chi connectivity index (χ4n) is 3.23. The SMILES string of the molecule is CC(C)c1cccc(NC(=O)CN2C(=O)N[C@](C)(c3ccc(C#N)cc3)C2=O)c1. The average molecular weight is 390 g/mol. The van der Waals surface area contributed by atoms with E-state index in [1.54, 1.807) is 37.3 Å². The molecule has 4 amide bonds. The van der Waals surface area contributed by atoms with Crippen molar-refractivity contribution in [3.8, 4) is 6.07 Å². The van der Waals surface area contributed by atoms with Crippen LogP contribution < -0.4 is 10.6 Å². The Balaban J connectivity index is 1.73. The molecule has 7 nitrogen and oxygen atoms in total. The van der Waals surface area contributed by atoms with Crippen LogP contribution in [-0.4, -0.2) is 29.3 Å². The molecule has 0 radical (unpaired) electrons. The fraction of sp³-hybridized carbons (Fsp3) is 0.273. The Bertz CT molecular complexity index is 1010. The van der Waals surface area contributed by atoms with Crippen molar-refractivity contribution in [2.24, 2.45) is 0 Å². The van der Waals surface area contributed by atoms with Crippen LogP contribution in [0, 0.1) is 11.3 Å². The van der Waals surface area contributed by atoms with Crippen molar-refractivity contribution in [1.29, 1.82) is 5.26 Å². The van der Waals surface area contributed by atoms with Gasteiger partial charge >= 0.3 is 6.03 Å². The van der Waals surface area contributed by atoms with Crippen LogP contribution in [0.3, 0.4) is 0 Å². The van der Waals surface area contributed by atoms with Crippen LogP contribution in [0.2, 0.25) is 0 Å². The van der Waals surface area contributed by atoms with Crippen LogP contribution in [0.15, 0.2) is 48.5 Å². The second-order valence-corrected chi connectivity index (χ2v) is 7.46. The van der Waals surface area contributed by atoms with Crippen molar-refractivity contribution >= 4 is 23.5 Å². The van der Waals surface area contributed by atoms with E-state index in [1.807, 2.05) is 24.3 Å². The summed E-state index contributed by atoms with van der Waals surface area (Å²) in [4.78, 5) is 38.7. The smallest absolute Gasteiger partial charge is 0.325 e. The van der Waals surface area contributed by atoms with E-state index in [0.29, 0.717) is 22.7 Å². The first-order chi connectivity index (χ1) is 13.7. The number of rotatable bonds is 5. The Hall–Kier alpha value is -3.66. The highest BCUT2D eigenvalue weighted by atomic mass is 16.2. The molecule has 1 saturated heterocycles. The van der Waals surface area contributed by atoms with Crippen LogP contribution in [0.25, 0.3) is 0 Å². The second-order valence-electron chi connectivity index (χ2n) is 7.46. The van der Waals surface area contributed by atoms with Gasteiger partial charge in [0.25, 0.3) is 5.91 Å². The molecule has 0 saturated carbocycles. The fourth-order valence-corrected chi connectivity index (χ4v) is 3.23. The molecule has 1 aliphatic rings. The molecule has 1 fully saturated rings. The number of nitrogens with one attached hydrogen (secondary N) is 2. The second kappa shape index (κ2) is 7.76. The largest absolute Gasteiger partial charge is 0.325 e. The molecule has 0 spiro atoms. The van der Waals surface area contributed by atoms with Crippen molar-refractivity contribution < 1.29 is 14.4 Å². The van der Waals surface area contributed by atoms with Gasteiger partial charge < -0.3 is 10.6 Å². The maximum Gasteiger partial charge on any atom is 0.325 e. The van der Waals surface area contributed by atoms with Crippen molar-refractivity contribution in [3.63, 3.8) is 0 Å². The van der Waals surface area contributed by atoms with Gasteiger partial charge in [0, 0.05) is 5.69 Å². The molecule has 1 atom stereocenters. The Morgan fingerprint density at radius 3 is 2.52 bits per heavy atom. The normalized spacial score (nSPS) is 18.5. The minimum Gasteiger partial charge on any atom is -0.325 e. The van der Waals surface area contributed by atoms with Gasteiger partial charge in [-0.15, -0.1) is 0 Å². The number of hydrogen-bond donors (Lipinski definition) is 2. The van der Waals surface area contributed by atoms with Crippen molar-refractivity contribution in [3.05, 3.63) is 65.2 Å². The first-order valence-corrected chi connectivity index (χ1v) is 9.29. The topological polar surface area (TPSA) is 102 Å². The van der Waals surface area contributed by atoms with Gasteiger partial charge in [0.05, 0.1) is 11.6 Å². The predicted molar refractivity (Wildman–Crippen MR) is 108 cm³/mol. The molecule has 1 aliphatic heterocycles. The summed E-state index contributed by atoms with van der Waals surface area (Å²) < 4.78 is 0. The number of carbonyl (C=O) groups is 3. The summed E-state index contributed by atoms with van der Waals surface area (Å²) in [6.45, 7) is 5.30. The van der Waals surface area contributed by atoms with Crippen LogP contribution in [0.5, 0.6) is 0 Å². The standard InChI is InChI=1S/C22H22N4O3/c1-14(2)16-5-4-6-18(11-16)24-19(27)13-26-20(28)22(3,25-21(26)29)17-9-7-15(12-23)8-10-17/h4-11,14H,13H2,1-3H3,(H,24,27)(H,25,29)/t22-/m1/s1. The van der Waals surface area contributed by atoms with Gasteiger partial charge in [0.2, 0.25) is 5.91 Å². The summed E-state index contributed by atoms with van der Waals surface area (Å²) in [6.07, 6.45) is 0. The van der Waals surface area contributed by atoms with E-state index in [-0.39, 0.29) is 6.54 Å². The average Bonchev–Trinajstić information content (AvgIpc) is 2.92. The molecule has 0 aromatic heterocycles. The molecule has 1 heterocycles. The number of anilines is 1. The highest BCUT2D eigenvalue weighted by molar-refractivity contribution is 6.10. The highest BCUT2D eigenvalue weighted by Gasteiger charge is 2.49. The Labute approximate surface area is 169 Å². The molecule has 3 rings (SSSR count). The number of urea groups is 1. The van der Waals surface area contributed by atoms with E-state index in [9.17, 15) is 14.4 Å². The summed E-state index contributed by atoms with van der Waals surface area (Å²) in [5.74, 6) is -0.664. The first-order valence-electron chi connectivity index (χ1n) is 9.29. The lowest BCUT2D eigenvalue weighted by atomic mass is 9.91. The van der Waals surface area contributed by atoms with Gasteiger partial charge in [-0.1, -0.05) is 38.1 Å². The van der Waals surface area contributed by atoms with Gasteiger partial charge in [-0.05, 0) is 48.2 Å². The Morgan fingerprint density at radius 2 is 1.90 bits per heavy atom. The number of nitrogens with zero attached hydrogens (tertiary/aromatic N) is 2. The van der Waals surface area contributed by atoms with E-state index in [1.165, 1.54) is 0 Å². The van der Waals surface area contributed by atoms with Gasteiger partial charge in [0.15, 0.2) is 0 Å². The van der Waals surface area contributed by atoms with Crippen LogP contribution >= 0.6 is 0 Å². The Kier molecular flexibility index (Phi) is 5.37. The summed E-state index contributed by atoms with van der Waals surface area (Å²) in [6, 6.07) is 15.2. The van der Waals surface area contributed by atoms with Crippen molar-refractivity contribution in [1.82, 2.24) is 10.2 Å². The van der Waals surface area contributed by atoms with Crippen LogP contribution in [0.4, 0.5) is 10.5 Å². The third-order valence-electron chi connectivity index (χ3n) is 5.01. The zero-order valence-corrected chi connectivity index (χ0v) is 16.5. The lowest BCUT2D eigenvalue weighted by Gasteiger charge is -2.22. The zero-order valence-electron chi connectivity index (χ0n) is 16.5. The molecule has 29 heavy (non-hydrogen) atoms. The number of amides is 4. The minimum absolute atomic E-state index is 0.311. The molecule has 0 aliphatic carbocycles. The quantitative estimate of drug-likeness (QED) is 0.766. The number of nitriles is 1. The van der Waals surface area contributed by atoms with Gasteiger partial charge in [-0.3, -0.25) is 14.5 Å². The molecule has 2 aromatic rings. The minimum atomic E-state index is -1.29. The molecule has 2 N–H and O–H groups in total. The van der Waals surface area contributed by atoms with Crippen molar-refractivity contribution in [2.75, 3.05) is 11.9 Å². The van der Waals surface area contributed by atoms with E-state index < -0.39 is 23.4 Å². The van der Waals surface area contributed by atoms with E-state index in [2.05, 4.69) is 24.5 Å². The monoisotopic (exact) mass is 390 g/mol. The third kappa shape index (κ3) is 3.97. The van der Waals surface area contributed by atoms with Gasteiger partial charge in [-0.2, -0.15) is 5.26 Å². The molecular formula is C22H22N4O3.